The molecule has 0 aliphatic carbocycles. The molecule has 3 aromatic rings. The van der Waals surface area contributed by atoms with Gasteiger partial charge in [0.25, 0.3) is 5.91 Å². The van der Waals surface area contributed by atoms with Crippen LogP contribution in [-0.2, 0) is 17.8 Å². The summed E-state index contributed by atoms with van der Waals surface area (Å²) in [5, 5.41) is 3.97. The van der Waals surface area contributed by atoms with Crippen LogP contribution in [0.25, 0.3) is 0 Å². The first kappa shape index (κ1) is 25.7. The highest BCUT2D eigenvalue weighted by Crippen LogP contribution is 2.27. The largest absolute Gasteiger partial charge is 0.447 e. The topological polar surface area (TPSA) is 70.8 Å². The maximum atomic E-state index is 12.6. The van der Waals surface area contributed by atoms with Gasteiger partial charge in [-0.1, -0.05) is 59.6 Å². The number of ether oxygens (including phenoxy) is 1. The van der Waals surface area contributed by atoms with Crippen molar-refractivity contribution in [1.82, 2.24) is 20.1 Å². The number of benzene rings is 2. The second-order valence-corrected chi connectivity index (χ2v) is 9.39. The number of hydrogen-bond acceptors (Lipinski definition) is 6. The van der Waals surface area contributed by atoms with E-state index in [-0.39, 0.29) is 17.6 Å². The first-order valence-electron chi connectivity index (χ1n) is 11.7. The lowest BCUT2D eigenvalue weighted by Crippen LogP contribution is -2.41. The average molecular weight is 517 g/mol. The predicted octanol–water partition coefficient (Wildman–Crippen LogP) is 4.81. The monoisotopic (exact) mass is 516 g/mol. The van der Waals surface area contributed by atoms with Crippen LogP contribution in [0.4, 0.5) is 0 Å². The maximum Gasteiger partial charge on any atom is 0.273 e. The summed E-state index contributed by atoms with van der Waals surface area (Å²) < 4.78 is 11.0. The summed E-state index contributed by atoms with van der Waals surface area (Å²) >= 11 is 12.3. The number of nitrogens with one attached hydrogen (secondary N) is 1. The zero-order valence-corrected chi connectivity index (χ0v) is 21.3. The fourth-order valence-corrected chi connectivity index (χ4v) is 4.37. The van der Waals surface area contributed by atoms with Crippen molar-refractivity contribution in [2.24, 2.45) is 0 Å². The first-order chi connectivity index (χ1) is 17.0. The number of oxazole rings is 1. The Morgan fingerprint density at radius 2 is 1.89 bits per heavy atom. The molecule has 35 heavy (non-hydrogen) atoms. The van der Waals surface area contributed by atoms with Crippen LogP contribution in [0, 0.1) is 0 Å². The summed E-state index contributed by atoms with van der Waals surface area (Å²) in [6.07, 6.45) is 1.42. The van der Waals surface area contributed by atoms with Crippen molar-refractivity contribution in [2.75, 3.05) is 39.4 Å². The Morgan fingerprint density at radius 1 is 1.11 bits per heavy atom. The van der Waals surface area contributed by atoms with E-state index in [9.17, 15) is 4.79 Å². The van der Waals surface area contributed by atoms with Gasteiger partial charge in [0.1, 0.15) is 6.26 Å². The number of nitrogens with zero attached hydrogens (tertiary/aromatic N) is 3. The summed E-state index contributed by atoms with van der Waals surface area (Å²) in [6.45, 7) is 7.75. The van der Waals surface area contributed by atoms with Crippen molar-refractivity contribution in [2.45, 2.75) is 26.1 Å². The highest BCUT2D eigenvalue weighted by molar-refractivity contribution is 6.42. The summed E-state index contributed by atoms with van der Waals surface area (Å²) in [6, 6.07) is 15.9. The van der Waals surface area contributed by atoms with Gasteiger partial charge in [0.15, 0.2) is 5.69 Å². The van der Waals surface area contributed by atoms with Crippen molar-refractivity contribution < 1.29 is 13.9 Å². The van der Waals surface area contributed by atoms with E-state index < -0.39 is 0 Å². The van der Waals surface area contributed by atoms with Crippen LogP contribution >= 0.6 is 23.2 Å². The molecule has 7 nitrogen and oxygen atoms in total. The number of hydrogen-bond donors (Lipinski definition) is 1. The highest BCUT2D eigenvalue weighted by Gasteiger charge is 2.21. The third-order valence-electron chi connectivity index (χ3n) is 6.14. The van der Waals surface area contributed by atoms with Gasteiger partial charge in [-0.2, -0.15) is 0 Å². The molecule has 1 saturated heterocycles. The van der Waals surface area contributed by atoms with Gasteiger partial charge in [-0.25, -0.2) is 4.98 Å². The van der Waals surface area contributed by atoms with Gasteiger partial charge in [0.2, 0.25) is 5.89 Å². The fourth-order valence-electron chi connectivity index (χ4n) is 4.05. The summed E-state index contributed by atoms with van der Waals surface area (Å²) in [4.78, 5) is 21.5. The van der Waals surface area contributed by atoms with Gasteiger partial charge in [-0.05, 0) is 30.2 Å². The molecule has 1 aromatic heterocycles. The smallest absolute Gasteiger partial charge is 0.273 e. The van der Waals surface area contributed by atoms with E-state index in [2.05, 4.69) is 39.2 Å². The molecule has 1 aliphatic heterocycles. The van der Waals surface area contributed by atoms with E-state index in [1.807, 2.05) is 30.3 Å². The summed E-state index contributed by atoms with van der Waals surface area (Å²) in [5.74, 6) is 0.242. The van der Waals surface area contributed by atoms with Crippen LogP contribution in [0.15, 0.2) is 59.2 Å². The van der Waals surface area contributed by atoms with E-state index >= 15 is 0 Å². The quantitative estimate of drug-likeness (QED) is 0.417. The van der Waals surface area contributed by atoms with Crippen LogP contribution in [0.2, 0.25) is 10.0 Å². The molecule has 2 heterocycles. The number of halogens is 2. The zero-order chi connectivity index (χ0) is 24.6. The van der Waals surface area contributed by atoms with Gasteiger partial charge in [0, 0.05) is 38.8 Å². The molecule has 0 unspecified atom stereocenters. The van der Waals surface area contributed by atoms with E-state index in [1.54, 1.807) is 6.07 Å². The van der Waals surface area contributed by atoms with Gasteiger partial charge >= 0.3 is 0 Å². The first-order valence-corrected chi connectivity index (χ1v) is 12.5. The molecule has 1 N–H and O–H groups in total. The van der Waals surface area contributed by atoms with Crippen LogP contribution in [0.5, 0.6) is 0 Å². The molecular formula is C26H30Cl2N4O3. The minimum Gasteiger partial charge on any atom is -0.447 e. The van der Waals surface area contributed by atoms with E-state index in [0.717, 1.165) is 38.4 Å². The van der Waals surface area contributed by atoms with Crippen molar-refractivity contribution in [3.8, 4) is 0 Å². The Hall–Kier alpha value is -2.42. The molecular weight excluding hydrogens is 487 g/mol. The van der Waals surface area contributed by atoms with Crippen LogP contribution in [0.1, 0.15) is 40.5 Å². The Kier molecular flexibility index (Phi) is 9.18. The van der Waals surface area contributed by atoms with Gasteiger partial charge in [0.05, 0.1) is 29.8 Å². The number of aromatic nitrogens is 1. The molecule has 0 saturated carbocycles. The lowest BCUT2D eigenvalue weighted by molar-refractivity contribution is 0.0383. The molecule has 1 amide bonds. The minimum absolute atomic E-state index is 0.0725. The van der Waals surface area contributed by atoms with Crippen molar-refractivity contribution in [3.63, 3.8) is 0 Å². The molecule has 186 valence electrons. The second-order valence-electron chi connectivity index (χ2n) is 8.58. The molecule has 0 radical (unpaired) electrons. The van der Waals surface area contributed by atoms with Gasteiger partial charge < -0.3 is 14.5 Å². The Morgan fingerprint density at radius 3 is 2.63 bits per heavy atom. The fraction of sp³-hybridized carbons (Fsp3) is 0.385. The zero-order valence-electron chi connectivity index (χ0n) is 19.8. The molecule has 9 heteroatoms. The number of carbonyl (C=O) groups excluding carboxylic acids is 1. The molecule has 1 fully saturated rings. The van der Waals surface area contributed by atoms with Gasteiger partial charge in [-0.15, -0.1) is 0 Å². The third kappa shape index (κ3) is 7.29. The van der Waals surface area contributed by atoms with Crippen LogP contribution in [-0.4, -0.2) is 60.1 Å². The average Bonchev–Trinajstić information content (AvgIpc) is 3.35. The minimum atomic E-state index is -0.236. The molecule has 0 spiro atoms. The van der Waals surface area contributed by atoms with Crippen LogP contribution < -0.4 is 5.32 Å². The van der Waals surface area contributed by atoms with E-state index in [1.165, 1.54) is 11.8 Å². The summed E-state index contributed by atoms with van der Waals surface area (Å²) in [5.41, 5.74) is 2.47. The number of morpholine rings is 1. The Bertz CT molecular complexity index is 1100. The Labute approximate surface area is 216 Å². The van der Waals surface area contributed by atoms with Crippen molar-refractivity contribution in [3.05, 3.63) is 87.6 Å². The molecule has 4 rings (SSSR count). The Balaban J connectivity index is 1.41. The molecule has 1 atom stereocenters. The normalized spacial score (nSPS) is 15.3. The highest BCUT2D eigenvalue weighted by atomic mass is 35.5. The van der Waals surface area contributed by atoms with Gasteiger partial charge in [-0.3, -0.25) is 14.6 Å². The number of rotatable bonds is 10. The standard InChI is InChI=1S/C26H30Cl2N4O3/c1-19(21-5-3-2-4-6-21)32(16-20-7-8-22(27)23(28)15-20)17-25-30-24(18-35-25)26(33)29-9-10-31-11-13-34-14-12-31/h2-8,15,18-19H,9-14,16-17H2,1H3,(H,29,33)/t19-/m1/s1. The SMILES string of the molecule is C[C@H](c1ccccc1)N(Cc1ccc(Cl)c(Cl)c1)Cc1nc(C(=O)NCCN2CCOCC2)co1. The predicted molar refractivity (Wildman–Crippen MR) is 137 cm³/mol. The maximum absolute atomic E-state index is 12.6. The lowest BCUT2D eigenvalue weighted by Gasteiger charge is -2.28. The lowest BCUT2D eigenvalue weighted by atomic mass is 10.1. The van der Waals surface area contributed by atoms with Crippen molar-refractivity contribution in [1.29, 1.82) is 0 Å². The molecule has 1 aliphatic rings. The molecule has 2 aromatic carbocycles. The van der Waals surface area contributed by atoms with Crippen molar-refractivity contribution >= 4 is 29.1 Å². The summed E-state index contributed by atoms with van der Waals surface area (Å²) in [7, 11) is 0. The van der Waals surface area contributed by atoms with Crippen LogP contribution in [0.3, 0.4) is 0 Å². The third-order valence-corrected chi connectivity index (χ3v) is 6.88. The van der Waals surface area contributed by atoms with E-state index in [4.69, 9.17) is 32.4 Å². The molecule has 0 bridgehead atoms. The number of amides is 1. The van der Waals surface area contributed by atoms with E-state index in [0.29, 0.717) is 35.6 Å². The second kappa shape index (κ2) is 12.5. The number of carbonyl (C=O) groups is 1.